The summed E-state index contributed by atoms with van der Waals surface area (Å²) in [5.41, 5.74) is 9.71. The number of nitrogens with two attached hydrogens (primary N) is 2. The van der Waals surface area contributed by atoms with Crippen molar-refractivity contribution in [1.82, 2.24) is 10.2 Å². The molecule has 0 bridgehead atoms. The summed E-state index contributed by atoms with van der Waals surface area (Å²) >= 11 is 0. The van der Waals surface area contributed by atoms with Gasteiger partial charge in [-0.1, -0.05) is 0 Å². The lowest BCUT2D eigenvalue weighted by atomic mass is 9.86. The molecule has 8 N–H and O–H groups in total. The molecule has 3 rings (SSSR count). The van der Waals surface area contributed by atoms with Crippen molar-refractivity contribution < 1.29 is 27.4 Å². The highest BCUT2D eigenvalue weighted by Crippen LogP contribution is 2.45. The first-order valence-corrected chi connectivity index (χ1v) is 7.68. The molecule has 124 valence electrons. The SMILES string of the molecule is CC1N=C(N)N2CC(OS(=O)(=O)O)C(O)(O)C23NC(N)=NC13. The van der Waals surface area contributed by atoms with Crippen LogP contribution in [0.1, 0.15) is 6.92 Å². The summed E-state index contributed by atoms with van der Waals surface area (Å²) in [5.74, 6) is -2.91. The number of aliphatic imine (C=N–C) groups is 2. The number of hydrogen-bond acceptors (Lipinski definition) is 11. The van der Waals surface area contributed by atoms with Crippen LogP contribution in [0.4, 0.5) is 0 Å². The van der Waals surface area contributed by atoms with Crippen molar-refractivity contribution in [3.05, 3.63) is 0 Å². The molecule has 13 heteroatoms. The van der Waals surface area contributed by atoms with Crippen LogP contribution in [0.15, 0.2) is 9.98 Å². The minimum absolute atomic E-state index is 0.0601. The smallest absolute Gasteiger partial charge is 0.370 e. The summed E-state index contributed by atoms with van der Waals surface area (Å²) < 4.78 is 35.1. The molecule has 3 aliphatic heterocycles. The molecule has 0 saturated carbocycles. The molecule has 1 spiro atoms. The van der Waals surface area contributed by atoms with Crippen LogP contribution in [-0.4, -0.2) is 76.2 Å². The number of guanidine groups is 2. The molecule has 0 aromatic heterocycles. The lowest BCUT2D eigenvalue weighted by molar-refractivity contribution is -0.252. The van der Waals surface area contributed by atoms with Gasteiger partial charge in [0.15, 0.2) is 23.7 Å². The normalized spacial score (nSPS) is 39.6. The van der Waals surface area contributed by atoms with E-state index in [1.807, 2.05) is 0 Å². The molecular weight excluding hydrogens is 320 g/mol. The summed E-state index contributed by atoms with van der Waals surface area (Å²) in [6.45, 7) is 1.29. The fourth-order valence-electron chi connectivity index (χ4n) is 3.29. The number of rotatable bonds is 2. The van der Waals surface area contributed by atoms with Gasteiger partial charge in [-0.2, -0.15) is 8.42 Å². The molecule has 0 aromatic rings. The van der Waals surface area contributed by atoms with Crippen LogP contribution >= 0.6 is 0 Å². The van der Waals surface area contributed by atoms with Gasteiger partial charge < -0.3 is 31.9 Å². The highest BCUT2D eigenvalue weighted by atomic mass is 32.3. The monoisotopic (exact) mass is 336 g/mol. The van der Waals surface area contributed by atoms with Crippen LogP contribution in [0, 0.1) is 0 Å². The minimum Gasteiger partial charge on any atom is -0.370 e. The first-order valence-electron chi connectivity index (χ1n) is 6.32. The third-order valence-corrected chi connectivity index (χ3v) is 4.59. The van der Waals surface area contributed by atoms with Crippen molar-refractivity contribution in [3.8, 4) is 0 Å². The molecule has 22 heavy (non-hydrogen) atoms. The molecule has 0 aromatic carbocycles. The zero-order valence-corrected chi connectivity index (χ0v) is 12.2. The van der Waals surface area contributed by atoms with E-state index in [0.717, 1.165) is 0 Å². The third kappa shape index (κ3) is 1.80. The fourth-order valence-corrected chi connectivity index (χ4v) is 3.78. The molecular formula is C9H16N6O6S. The maximum Gasteiger partial charge on any atom is 0.397 e. The molecule has 4 atom stereocenters. The van der Waals surface area contributed by atoms with E-state index >= 15 is 0 Å². The van der Waals surface area contributed by atoms with Crippen molar-refractivity contribution >= 4 is 22.3 Å². The molecule has 0 aliphatic carbocycles. The van der Waals surface area contributed by atoms with Gasteiger partial charge in [-0.05, 0) is 6.92 Å². The fraction of sp³-hybridized carbons (Fsp3) is 0.778. The van der Waals surface area contributed by atoms with Crippen molar-refractivity contribution in [2.24, 2.45) is 21.5 Å². The van der Waals surface area contributed by atoms with Gasteiger partial charge in [-0.3, -0.25) is 4.55 Å². The van der Waals surface area contributed by atoms with Gasteiger partial charge in [-0.25, -0.2) is 14.2 Å². The highest BCUT2D eigenvalue weighted by molar-refractivity contribution is 7.80. The second-order valence-electron chi connectivity index (χ2n) is 5.43. The molecule has 12 nitrogen and oxygen atoms in total. The van der Waals surface area contributed by atoms with E-state index < -0.39 is 40.0 Å². The highest BCUT2D eigenvalue weighted by Gasteiger charge is 2.73. The Bertz CT molecular complexity index is 676. The summed E-state index contributed by atoms with van der Waals surface area (Å²) in [7, 11) is -4.92. The lowest BCUT2D eigenvalue weighted by Gasteiger charge is -2.48. The second kappa shape index (κ2) is 4.20. The number of hydrogen-bond donors (Lipinski definition) is 6. The van der Waals surface area contributed by atoms with Gasteiger partial charge in [0.05, 0.1) is 12.6 Å². The van der Waals surface area contributed by atoms with E-state index in [1.54, 1.807) is 6.92 Å². The second-order valence-corrected chi connectivity index (χ2v) is 6.48. The summed E-state index contributed by atoms with van der Waals surface area (Å²) in [6.07, 6.45) is -1.72. The minimum atomic E-state index is -4.92. The molecule has 1 fully saturated rings. The predicted molar refractivity (Wildman–Crippen MR) is 72.7 cm³/mol. The van der Waals surface area contributed by atoms with Crippen LogP contribution in [0.25, 0.3) is 0 Å². The van der Waals surface area contributed by atoms with Gasteiger partial charge in [-0.15, -0.1) is 0 Å². The molecule has 3 aliphatic rings. The molecule has 0 amide bonds. The zero-order chi connectivity index (χ0) is 16.5. The van der Waals surface area contributed by atoms with Crippen LogP contribution < -0.4 is 16.8 Å². The van der Waals surface area contributed by atoms with Crippen molar-refractivity contribution in [3.63, 3.8) is 0 Å². The Hall–Kier alpha value is -1.67. The van der Waals surface area contributed by atoms with E-state index in [1.165, 1.54) is 4.90 Å². The van der Waals surface area contributed by atoms with E-state index in [4.69, 9.17) is 16.0 Å². The first kappa shape index (κ1) is 15.2. The van der Waals surface area contributed by atoms with E-state index in [2.05, 4.69) is 19.5 Å². The van der Waals surface area contributed by atoms with Gasteiger partial charge >= 0.3 is 10.4 Å². The Morgan fingerprint density at radius 1 is 1.41 bits per heavy atom. The molecule has 3 heterocycles. The largest absolute Gasteiger partial charge is 0.397 e. The Morgan fingerprint density at radius 2 is 2.05 bits per heavy atom. The van der Waals surface area contributed by atoms with Crippen molar-refractivity contribution in [2.45, 2.75) is 36.6 Å². The third-order valence-electron chi connectivity index (χ3n) is 4.12. The zero-order valence-electron chi connectivity index (χ0n) is 11.4. The maximum absolute atomic E-state index is 10.9. The van der Waals surface area contributed by atoms with E-state index in [-0.39, 0.29) is 18.5 Å². The molecule has 4 unspecified atom stereocenters. The average Bonchev–Trinajstić information content (AvgIpc) is 2.79. The number of nitrogens with one attached hydrogen (secondary N) is 1. The Labute approximate surface area is 125 Å². The Balaban J connectivity index is 2.10. The number of aliphatic hydroxyl groups is 2. The predicted octanol–water partition coefficient (Wildman–Crippen LogP) is -4.13. The van der Waals surface area contributed by atoms with Gasteiger partial charge in [0, 0.05) is 0 Å². The van der Waals surface area contributed by atoms with E-state index in [0.29, 0.717) is 0 Å². The Kier molecular flexibility index (Phi) is 2.91. The first-order chi connectivity index (χ1) is 9.99. The maximum atomic E-state index is 10.9. The number of nitrogens with zero attached hydrogens (tertiary/aromatic N) is 3. The lowest BCUT2D eigenvalue weighted by Crippen LogP contribution is -2.77. The van der Waals surface area contributed by atoms with Crippen LogP contribution in [0.2, 0.25) is 0 Å². The molecule has 1 saturated heterocycles. The van der Waals surface area contributed by atoms with Crippen molar-refractivity contribution in [1.29, 1.82) is 0 Å². The van der Waals surface area contributed by atoms with Crippen LogP contribution in [0.3, 0.4) is 0 Å². The molecule has 0 radical (unpaired) electrons. The van der Waals surface area contributed by atoms with Crippen molar-refractivity contribution in [2.75, 3.05) is 6.54 Å². The van der Waals surface area contributed by atoms with Crippen LogP contribution in [-0.2, 0) is 14.6 Å². The average molecular weight is 336 g/mol. The van der Waals surface area contributed by atoms with Gasteiger partial charge in [0.25, 0.3) is 0 Å². The Morgan fingerprint density at radius 3 is 2.64 bits per heavy atom. The quantitative estimate of drug-likeness (QED) is 0.213. The van der Waals surface area contributed by atoms with Gasteiger partial charge in [0.2, 0.25) is 5.79 Å². The topological polar surface area (TPSA) is 196 Å². The standard InChI is InChI=1S/C9H16N6O6S/c1-3-5-8(14-6(10)13-5)9(16,17)4(21-22(18,19)20)2-15(8)7(11)12-3/h3-5,16-17H,2H2,1H3,(H2,11,12)(H3,10,13,14)(H,18,19,20). The summed E-state index contributed by atoms with van der Waals surface area (Å²) in [5, 5.41) is 23.7. The van der Waals surface area contributed by atoms with Crippen LogP contribution in [0.5, 0.6) is 0 Å². The van der Waals surface area contributed by atoms with E-state index in [9.17, 15) is 18.6 Å². The summed E-state index contributed by atoms with van der Waals surface area (Å²) in [6, 6.07) is -1.39. The van der Waals surface area contributed by atoms with Gasteiger partial charge in [0.1, 0.15) is 6.04 Å². The summed E-state index contributed by atoms with van der Waals surface area (Å²) in [4.78, 5) is 9.42.